The molecule has 0 aliphatic heterocycles. The van der Waals surface area contributed by atoms with E-state index in [4.69, 9.17) is 0 Å². The van der Waals surface area contributed by atoms with Crippen LogP contribution in [0.3, 0.4) is 0 Å². The molecule has 0 bridgehead atoms. The number of hydrogen-bond acceptors (Lipinski definition) is 0. The number of allylic oxidation sites excluding steroid dienone is 4. The van der Waals surface area contributed by atoms with Crippen LogP contribution >= 0.6 is 0 Å². The molecular formula is C21H22. The minimum atomic E-state index is 0.540. The van der Waals surface area contributed by atoms with E-state index in [1.165, 1.54) is 22.3 Å². The molecule has 1 aliphatic rings. The zero-order chi connectivity index (χ0) is 14.7. The molecule has 0 N–H and O–H groups in total. The predicted molar refractivity (Wildman–Crippen MR) is 91.2 cm³/mol. The van der Waals surface area contributed by atoms with Gasteiger partial charge in [-0.25, -0.2) is 0 Å². The minimum Gasteiger partial charge on any atom is -0.0626 e. The van der Waals surface area contributed by atoms with E-state index < -0.39 is 0 Å². The normalized spacial score (nSPS) is 17.5. The van der Waals surface area contributed by atoms with Gasteiger partial charge in [0, 0.05) is 5.92 Å². The fourth-order valence-electron chi connectivity index (χ4n) is 3.01. The molecule has 0 heterocycles. The van der Waals surface area contributed by atoms with Crippen LogP contribution < -0.4 is 0 Å². The first kappa shape index (κ1) is 13.9. The fraction of sp³-hybridized carbons (Fsp3) is 0.238. The van der Waals surface area contributed by atoms with Gasteiger partial charge in [0.25, 0.3) is 0 Å². The van der Waals surface area contributed by atoms with Gasteiger partial charge >= 0.3 is 0 Å². The molecule has 0 nitrogen and oxygen atoms in total. The smallest absolute Gasteiger partial charge is 0.00289 e. The van der Waals surface area contributed by atoms with Crippen molar-refractivity contribution in [3.05, 3.63) is 89.0 Å². The lowest BCUT2D eigenvalue weighted by Gasteiger charge is -2.15. The van der Waals surface area contributed by atoms with Crippen LogP contribution in [0.1, 0.15) is 30.0 Å². The molecule has 1 unspecified atom stereocenters. The summed E-state index contributed by atoms with van der Waals surface area (Å²) in [5.41, 5.74) is 7.12. The minimum absolute atomic E-state index is 0.540. The average Bonchev–Trinajstić information content (AvgIpc) is 2.89. The van der Waals surface area contributed by atoms with E-state index >= 15 is 0 Å². The predicted octanol–water partition coefficient (Wildman–Crippen LogP) is 5.59. The van der Waals surface area contributed by atoms with Crippen LogP contribution in [-0.2, 0) is 6.42 Å². The van der Waals surface area contributed by atoms with Crippen molar-refractivity contribution >= 4 is 5.57 Å². The molecule has 21 heavy (non-hydrogen) atoms. The second-order valence-electron chi connectivity index (χ2n) is 5.94. The Labute approximate surface area is 127 Å². The molecule has 0 spiro atoms. The molecule has 0 radical (unpaired) electrons. The topological polar surface area (TPSA) is 0 Å². The van der Waals surface area contributed by atoms with Crippen LogP contribution in [-0.4, -0.2) is 0 Å². The standard InChI is InChI=1S/C21H22/c1-16-8-10-18(11-9-16)12-13-19-14-15-21(17(19)2)20-6-4-3-5-7-20/h3-11,14-15,17H,12-13H2,1-2H3. The van der Waals surface area contributed by atoms with E-state index in [-0.39, 0.29) is 0 Å². The monoisotopic (exact) mass is 274 g/mol. The van der Waals surface area contributed by atoms with Crippen molar-refractivity contribution in [1.82, 2.24) is 0 Å². The van der Waals surface area contributed by atoms with Crippen LogP contribution in [0.25, 0.3) is 5.57 Å². The van der Waals surface area contributed by atoms with E-state index in [0.717, 1.165) is 12.8 Å². The summed E-state index contributed by atoms with van der Waals surface area (Å²) in [4.78, 5) is 0. The Kier molecular flexibility index (Phi) is 4.06. The van der Waals surface area contributed by atoms with Crippen molar-refractivity contribution in [2.75, 3.05) is 0 Å². The summed E-state index contributed by atoms with van der Waals surface area (Å²) in [6.45, 7) is 4.47. The highest BCUT2D eigenvalue weighted by Gasteiger charge is 2.19. The van der Waals surface area contributed by atoms with Crippen molar-refractivity contribution in [1.29, 1.82) is 0 Å². The van der Waals surface area contributed by atoms with Crippen molar-refractivity contribution in [2.45, 2.75) is 26.7 Å². The van der Waals surface area contributed by atoms with Gasteiger partial charge in [-0.05, 0) is 36.5 Å². The van der Waals surface area contributed by atoms with Crippen LogP contribution in [0.5, 0.6) is 0 Å². The van der Waals surface area contributed by atoms with E-state index in [0.29, 0.717) is 5.92 Å². The summed E-state index contributed by atoms with van der Waals surface area (Å²) in [5.74, 6) is 0.540. The number of aryl methyl sites for hydroxylation is 2. The van der Waals surface area contributed by atoms with Gasteiger partial charge in [0.2, 0.25) is 0 Å². The molecule has 2 aromatic rings. The molecule has 0 heteroatoms. The molecule has 0 saturated heterocycles. The van der Waals surface area contributed by atoms with Gasteiger partial charge in [0.1, 0.15) is 0 Å². The molecule has 2 aromatic carbocycles. The van der Waals surface area contributed by atoms with Gasteiger partial charge in [0.15, 0.2) is 0 Å². The Hall–Kier alpha value is -2.08. The van der Waals surface area contributed by atoms with Gasteiger partial charge in [-0.1, -0.05) is 84.8 Å². The summed E-state index contributed by atoms with van der Waals surface area (Å²) in [6.07, 6.45) is 6.90. The van der Waals surface area contributed by atoms with Gasteiger partial charge < -0.3 is 0 Å². The van der Waals surface area contributed by atoms with Gasteiger partial charge in [0.05, 0.1) is 0 Å². The molecule has 0 saturated carbocycles. The quantitative estimate of drug-likeness (QED) is 0.682. The maximum absolute atomic E-state index is 2.33. The summed E-state index contributed by atoms with van der Waals surface area (Å²) in [6, 6.07) is 19.6. The molecule has 3 rings (SSSR count). The van der Waals surface area contributed by atoms with Gasteiger partial charge in [-0.2, -0.15) is 0 Å². The van der Waals surface area contributed by atoms with Crippen molar-refractivity contribution in [3.8, 4) is 0 Å². The Morgan fingerprint density at radius 2 is 1.52 bits per heavy atom. The maximum Gasteiger partial charge on any atom is 0.00289 e. The van der Waals surface area contributed by atoms with Crippen LogP contribution in [0.15, 0.2) is 72.3 Å². The highest BCUT2D eigenvalue weighted by Crippen LogP contribution is 2.36. The first-order chi connectivity index (χ1) is 10.2. The Morgan fingerprint density at radius 3 is 2.24 bits per heavy atom. The van der Waals surface area contributed by atoms with E-state index in [1.54, 1.807) is 5.57 Å². The highest BCUT2D eigenvalue weighted by molar-refractivity contribution is 5.74. The van der Waals surface area contributed by atoms with Gasteiger partial charge in [-0.3, -0.25) is 0 Å². The lowest BCUT2D eigenvalue weighted by atomic mass is 9.89. The zero-order valence-corrected chi connectivity index (χ0v) is 12.8. The molecular weight excluding hydrogens is 252 g/mol. The largest absolute Gasteiger partial charge is 0.0626 e. The van der Waals surface area contributed by atoms with Gasteiger partial charge in [-0.15, -0.1) is 0 Å². The third kappa shape index (κ3) is 3.16. The lowest BCUT2D eigenvalue weighted by Crippen LogP contribution is -2.00. The second-order valence-corrected chi connectivity index (χ2v) is 5.94. The Morgan fingerprint density at radius 1 is 0.810 bits per heavy atom. The number of rotatable bonds is 4. The number of hydrogen-bond donors (Lipinski definition) is 0. The average molecular weight is 274 g/mol. The van der Waals surface area contributed by atoms with Crippen molar-refractivity contribution < 1.29 is 0 Å². The van der Waals surface area contributed by atoms with E-state index in [2.05, 4.69) is 80.6 Å². The molecule has 1 atom stereocenters. The second kappa shape index (κ2) is 6.13. The van der Waals surface area contributed by atoms with Crippen LogP contribution in [0.4, 0.5) is 0 Å². The third-order valence-corrected chi connectivity index (χ3v) is 4.43. The maximum atomic E-state index is 2.33. The molecule has 0 amide bonds. The Balaban J connectivity index is 1.63. The third-order valence-electron chi connectivity index (χ3n) is 4.43. The molecule has 0 aromatic heterocycles. The molecule has 106 valence electrons. The summed E-state index contributed by atoms with van der Waals surface area (Å²) in [5, 5.41) is 0. The summed E-state index contributed by atoms with van der Waals surface area (Å²) >= 11 is 0. The lowest BCUT2D eigenvalue weighted by molar-refractivity contribution is 0.800. The summed E-state index contributed by atoms with van der Waals surface area (Å²) < 4.78 is 0. The van der Waals surface area contributed by atoms with E-state index in [9.17, 15) is 0 Å². The SMILES string of the molecule is Cc1ccc(CCC2=CC=C(c3ccccc3)C2C)cc1. The fourth-order valence-corrected chi connectivity index (χ4v) is 3.01. The first-order valence-corrected chi connectivity index (χ1v) is 7.75. The Bertz CT molecular complexity index is 657. The van der Waals surface area contributed by atoms with Crippen molar-refractivity contribution in [2.24, 2.45) is 5.92 Å². The van der Waals surface area contributed by atoms with E-state index in [1.807, 2.05) is 0 Å². The highest BCUT2D eigenvalue weighted by atomic mass is 14.2. The van der Waals surface area contributed by atoms with Crippen LogP contribution in [0, 0.1) is 12.8 Å². The van der Waals surface area contributed by atoms with Crippen molar-refractivity contribution in [3.63, 3.8) is 0 Å². The number of benzene rings is 2. The molecule has 1 aliphatic carbocycles. The zero-order valence-electron chi connectivity index (χ0n) is 12.8. The van der Waals surface area contributed by atoms with Crippen LogP contribution in [0.2, 0.25) is 0 Å². The molecule has 0 fully saturated rings. The first-order valence-electron chi connectivity index (χ1n) is 7.75. The summed E-state index contributed by atoms with van der Waals surface area (Å²) in [7, 11) is 0.